The number of carbonyl (C=O) groups excluding carboxylic acids is 1. The number of carbonyl (C=O) groups is 2. The second-order valence-corrected chi connectivity index (χ2v) is 5.93. The fourth-order valence-corrected chi connectivity index (χ4v) is 2.74. The molecule has 1 unspecified atom stereocenters. The number of benzene rings is 2. The van der Waals surface area contributed by atoms with Gasteiger partial charge in [0.05, 0.1) is 19.6 Å². The zero-order chi connectivity index (χ0) is 18.2. The summed E-state index contributed by atoms with van der Waals surface area (Å²) in [6.07, 6.45) is 0.710. The molecule has 0 aliphatic heterocycles. The molecule has 5 nitrogen and oxygen atoms in total. The lowest BCUT2D eigenvalue weighted by molar-refractivity contribution is -0.137. The summed E-state index contributed by atoms with van der Waals surface area (Å²) in [6.45, 7) is 1.91. The van der Waals surface area contributed by atoms with Gasteiger partial charge in [0.2, 0.25) is 5.91 Å². The molecule has 2 rings (SSSR count). The minimum Gasteiger partial charge on any atom is -0.497 e. The first kappa shape index (κ1) is 18.5. The number of nitrogens with one attached hydrogen (secondary N) is 1. The molecule has 0 fully saturated rings. The van der Waals surface area contributed by atoms with Gasteiger partial charge in [-0.3, -0.25) is 9.59 Å². The third-order valence-corrected chi connectivity index (χ3v) is 4.05. The van der Waals surface area contributed by atoms with E-state index in [2.05, 4.69) is 5.32 Å². The van der Waals surface area contributed by atoms with E-state index in [0.717, 1.165) is 22.4 Å². The van der Waals surface area contributed by atoms with Crippen molar-refractivity contribution in [3.05, 3.63) is 65.2 Å². The Morgan fingerprint density at radius 1 is 1.16 bits per heavy atom. The lowest BCUT2D eigenvalue weighted by Crippen LogP contribution is -2.30. The van der Waals surface area contributed by atoms with E-state index in [1.807, 2.05) is 55.5 Å². The minimum atomic E-state index is -0.943. The Labute approximate surface area is 147 Å². The van der Waals surface area contributed by atoms with Gasteiger partial charge in [0.1, 0.15) is 5.75 Å². The predicted molar refractivity (Wildman–Crippen MR) is 95.6 cm³/mol. The molecule has 0 spiro atoms. The molecule has 0 bridgehead atoms. The van der Waals surface area contributed by atoms with Crippen molar-refractivity contribution in [3.63, 3.8) is 0 Å². The molecule has 25 heavy (non-hydrogen) atoms. The summed E-state index contributed by atoms with van der Waals surface area (Å²) in [5.74, 6) is -0.361. The highest BCUT2D eigenvalue weighted by atomic mass is 16.5. The smallest absolute Gasteiger partial charge is 0.305 e. The van der Waals surface area contributed by atoms with E-state index in [1.165, 1.54) is 0 Å². The van der Waals surface area contributed by atoms with Gasteiger partial charge >= 0.3 is 5.97 Å². The van der Waals surface area contributed by atoms with Crippen LogP contribution in [0.25, 0.3) is 0 Å². The summed E-state index contributed by atoms with van der Waals surface area (Å²) in [4.78, 5) is 23.5. The number of carboxylic acid groups (broad SMARTS) is 1. The van der Waals surface area contributed by atoms with Crippen LogP contribution in [0.2, 0.25) is 0 Å². The largest absolute Gasteiger partial charge is 0.497 e. The molecule has 0 saturated carbocycles. The van der Waals surface area contributed by atoms with Crippen LogP contribution in [-0.4, -0.2) is 24.1 Å². The molecule has 132 valence electrons. The molecule has 0 aromatic heterocycles. The van der Waals surface area contributed by atoms with E-state index in [9.17, 15) is 9.59 Å². The van der Waals surface area contributed by atoms with Crippen molar-refractivity contribution >= 4 is 11.9 Å². The number of hydrogen-bond acceptors (Lipinski definition) is 3. The van der Waals surface area contributed by atoms with Crippen LogP contribution in [0.3, 0.4) is 0 Å². The van der Waals surface area contributed by atoms with Gasteiger partial charge in [0, 0.05) is 6.42 Å². The average molecular weight is 341 g/mol. The molecular formula is C20H23NO4. The molecule has 0 heterocycles. The maximum absolute atomic E-state index is 12.3. The van der Waals surface area contributed by atoms with E-state index in [-0.39, 0.29) is 18.7 Å². The fourth-order valence-electron chi connectivity index (χ4n) is 2.74. The summed E-state index contributed by atoms with van der Waals surface area (Å²) in [5, 5.41) is 12.0. The minimum absolute atomic E-state index is 0.143. The van der Waals surface area contributed by atoms with Gasteiger partial charge in [-0.2, -0.15) is 0 Å². The highest BCUT2D eigenvalue weighted by molar-refractivity contribution is 5.78. The second kappa shape index (κ2) is 8.87. The van der Waals surface area contributed by atoms with Crippen LogP contribution >= 0.6 is 0 Å². The second-order valence-electron chi connectivity index (χ2n) is 5.93. The van der Waals surface area contributed by atoms with Gasteiger partial charge < -0.3 is 15.2 Å². The molecule has 1 atom stereocenters. The molecule has 0 radical (unpaired) electrons. The van der Waals surface area contributed by atoms with Crippen molar-refractivity contribution in [3.8, 4) is 5.75 Å². The summed E-state index contributed by atoms with van der Waals surface area (Å²) in [6, 6.07) is 14.5. The van der Waals surface area contributed by atoms with E-state index in [4.69, 9.17) is 9.84 Å². The van der Waals surface area contributed by atoms with Gasteiger partial charge in [-0.15, -0.1) is 0 Å². The van der Waals surface area contributed by atoms with Gasteiger partial charge in [0.15, 0.2) is 0 Å². The standard InChI is InChI=1S/C20H23NO4/c1-14-6-3-4-9-17(14)18(13-20(23)24)21-19(22)11-10-15-7-5-8-16(12-15)25-2/h3-9,12,18H,10-11,13H2,1-2H3,(H,21,22)(H,23,24). The Morgan fingerprint density at radius 2 is 1.92 bits per heavy atom. The maximum Gasteiger partial charge on any atom is 0.305 e. The van der Waals surface area contributed by atoms with Crippen molar-refractivity contribution < 1.29 is 19.4 Å². The third-order valence-electron chi connectivity index (χ3n) is 4.05. The van der Waals surface area contributed by atoms with Crippen LogP contribution in [0, 0.1) is 6.92 Å². The average Bonchev–Trinajstić information content (AvgIpc) is 2.59. The molecule has 2 N–H and O–H groups in total. The summed E-state index contributed by atoms with van der Waals surface area (Å²) in [7, 11) is 1.60. The third kappa shape index (κ3) is 5.64. The lowest BCUT2D eigenvalue weighted by atomic mass is 9.98. The van der Waals surface area contributed by atoms with Crippen LogP contribution in [0.4, 0.5) is 0 Å². The highest BCUT2D eigenvalue weighted by Gasteiger charge is 2.19. The molecule has 1 amide bonds. The molecule has 5 heteroatoms. The van der Waals surface area contributed by atoms with Gasteiger partial charge in [-0.1, -0.05) is 36.4 Å². The van der Waals surface area contributed by atoms with E-state index in [0.29, 0.717) is 6.42 Å². The molecule has 2 aromatic carbocycles. The van der Waals surface area contributed by atoms with Crippen molar-refractivity contribution in [1.82, 2.24) is 5.32 Å². The summed E-state index contributed by atoms with van der Waals surface area (Å²) in [5.41, 5.74) is 2.79. The van der Waals surface area contributed by atoms with Crippen LogP contribution in [-0.2, 0) is 16.0 Å². The molecule has 0 saturated heterocycles. The number of aliphatic carboxylic acids is 1. The monoisotopic (exact) mass is 341 g/mol. The number of carboxylic acids is 1. The van der Waals surface area contributed by atoms with Crippen molar-refractivity contribution in [2.24, 2.45) is 0 Å². The highest BCUT2D eigenvalue weighted by Crippen LogP contribution is 2.21. The number of aryl methyl sites for hydroxylation is 2. The van der Waals surface area contributed by atoms with Crippen molar-refractivity contribution in [2.45, 2.75) is 32.2 Å². The first-order valence-corrected chi connectivity index (χ1v) is 8.19. The normalized spacial score (nSPS) is 11.6. The molecule has 2 aromatic rings. The lowest BCUT2D eigenvalue weighted by Gasteiger charge is -2.19. The molecule has 0 aliphatic rings. The van der Waals surface area contributed by atoms with Crippen molar-refractivity contribution in [2.75, 3.05) is 7.11 Å². The van der Waals surface area contributed by atoms with Gasteiger partial charge in [-0.25, -0.2) is 0 Å². The Hall–Kier alpha value is -2.82. The zero-order valence-corrected chi connectivity index (χ0v) is 14.5. The maximum atomic E-state index is 12.3. The summed E-state index contributed by atoms with van der Waals surface area (Å²) < 4.78 is 5.18. The van der Waals surface area contributed by atoms with E-state index >= 15 is 0 Å². The van der Waals surface area contributed by atoms with Crippen LogP contribution in [0.1, 0.15) is 35.6 Å². The van der Waals surface area contributed by atoms with Crippen LogP contribution in [0.5, 0.6) is 5.75 Å². The van der Waals surface area contributed by atoms with Gasteiger partial charge in [0.25, 0.3) is 0 Å². The molecular weight excluding hydrogens is 318 g/mol. The van der Waals surface area contributed by atoms with Crippen LogP contribution < -0.4 is 10.1 Å². The SMILES string of the molecule is COc1cccc(CCC(=O)NC(CC(=O)O)c2ccccc2C)c1. The molecule has 0 aliphatic carbocycles. The van der Waals surface area contributed by atoms with E-state index < -0.39 is 12.0 Å². The van der Waals surface area contributed by atoms with Crippen molar-refractivity contribution in [1.29, 1.82) is 0 Å². The fraction of sp³-hybridized carbons (Fsp3) is 0.300. The number of hydrogen-bond donors (Lipinski definition) is 2. The zero-order valence-electron chi connectivity index (χ0n) is 14.5. The number of amides is 1. The summed E-state index contributed by atoms with van der Waals surface area (Å²) >= 11 is 0. The Morgan fingerprint density at radius 3 is 2.60 bits per heavy atom. The Bertz CT molecular complexity index is 742. The quantitative estimate of drug-likeness (QED) is 0.773. The first-order chi connectivity index (χ1) is 12.0. The van der Waals surface area contributed by atoms with Crippen LogP contribution in [0.15, 0.2) is 48.5 Å². The topological polar surface area (TPSA) is 75.6 Å². The first-order valence-electron chi connectivity index (χ1n) is 8.19. The number of rotatable bonds is 8. The van der Waals surface area contributed by atoms with E-state index in [1.54, 1.807) is 7.11 Å². The van der Waals surface area contributed by atoms with Gasteiger partial charge in [-0.05, 0) is 42.2 Å². The Balaban J connectivity index is 2.01. The predicted octanol–water partition coefficient (Wildman–Crippen LogP) is 3.27. The number of ether oxygens (including phenoxy) is 1. The number of methoxy groups -OCH3 is 1. The Kier molecular flexibility index (Phi) is 6.57.